The zero-order chi connectivity index (χ0) is 20.5. The Kier molecular flexibility index (Phi) is 5.69. The molecule has 2 aromatic rings. The van der Waals surface area contributed by atoms with Crippen LogP contribution in [0.15, 0.2) is 24.3 Å². The molecule has 3 rings (SSSR count). The predicted octanol–water partition coefficient (Wildman–Crippen LogP) is 2.83. The summed E-state index contributed by atoms with van der Waals surface area (Å²) in [7, 11) is 0. The Morgan fingerprint density at radius 2 is 1.82 bits per heavy atom. The van der Waals surface area contributed by atoms with E-state index in [0.29, 0.717) is 26.2 Å². The summed E-state index contributed by atoms with van der Waals surface area (Å²) in [5.74, 6) is -2.12. The molecule has 0 bridgehead atoms. The normalized spacial score (nSPS) is 15.9. The number of nitrogens with zero attached hydrogens (tertiary/aromatic N) is 4. The standard InChI is InChI=1S/C18H19F5N4O/c1-12-9-15(18(21,22)23)24-27(12)11-16(28)26-7-5-25(6-8-26)10-13-3-2-4-14(19)17(13)20/h2-4,9H,5-8,10-11H2,1H3. The van der Waals surface area contributed by atoms with E-state index in [1.165, 1.54) is 24.0 Å². The van der Waals surface area contributed by atoms with Crippen LogP contribution in [0.4, 0.5) is 22.0 Å². The van der Waals surface area contributed by atoms with Crippen molar-refractivity contribution < 1.29 is 26.7 Å². The Labute approximate surface area is 158 Å². The van der Waals surface area contributed by atoms with Gasteiger partial charge >= 0.3 is 6.18 Å². The summed E-state index contributed by atoms with van der Waals surface area (Å²) < 4.78 is 66.3. The lowest BCUT2D eigenvalue weighted by atomic mass is 10.1. The molecule has 0 spiro atoms. The molecule has 1 aliphatic heterocycles. The highest BCUT2D eigenvalue weighted by Gasteiger charge is 2.34. The number of halogens is 5. The van der Waals surface area contributed by atoms with Crippen LogP contribution in [0.3, 0.4) is 0 Å². The van der Waals surface area contributed by atoms with Crippen molar-refractivity contribution in [1.29, 1.82) is 0 Å². The fraction of sp³-hybridized carbons (Fsp3) is 0.444. The third kappa shape index (κ3) is 4.49. The van der Waals surface area contributed by atoms with Crippen LogP contribution >= 0.6 is 0 Å². The Balaban J connectivity index is 1.55. The van der Waals surface area contributed by atoms with Crippen LogP contribution in [0, 0.1) is 18.6 Å². The molecule has 0 atom stereocenters. The number of benzene rings is 1. The van der Waals surface area contributed by atoms with Gasteiger partial charge in [-0.1, -0.05) is 12.1 Å². The first-order valence-electron chi connectivity index (χ1n) is 8.70. The molecule has 1 aromatic carbocycles. The van der Waals surface area contributed by atoms with Crippen LogP contribution in [0.1, 0.15) is 17.0 Å². The monoisotopic (exact) mass is 402 g/mol. The highest BCUT2D eigenvalue weighted by Crippen LogP contribution is 2.28. The summed E-state index contributed by atoms with van der Waals surface area (Å²) in [5.41, 5.74) is -0.535. The third-order valence-corrected chi connectivity index (χ3v) is 4.71. The van der Waals surface area contributed by atoms with E-state index in [2.05, 4.69) is 5.10 Å². The van der Waals surface area contributed by atoms with Gasteiger partial charge in [-0.05, 0) is 19.1 Å². The third-order valence-electron chi connectivity index (χ3n) is 4.71. The first kappa shape index (κ1) is 20.2. The summed E-state index contributed by atoms with van der Waals surface area (Å²) in [5, 5.41) is 3.46. The molecule has 0 unspecified atom stereocenters. The number of aromatic nitrogens is 2. The number of rotatable bonds is 4. The molecule has 0 N–H and O–H groups in total. The van der Waals surface area contributed by atoms with Crippen LogP contribution in [0.5, 0.6) is 0 Å². The van der Waals surface area contributed by atoms with Gasteiger partial charge in [0.25, 0.3) is 0 Å². The van der Waals surface area contributed by atoms with Crippen molar-refractivity contribution >= 4 is 5.91 Å². The highest BCUT2D eigenvalue weighted by molar-refractivity contribution is 5.76. The first-order valence-corrected chi connectivity index (χ1v) is 8.70. The smallest absolute Gasteiger partial charge is 0.339 e. The molecule has 10 heteroatoms. The second kappa shape index (κ2) is 7.86. The summed E-state index contributed by atoms with van der Waals surface area (Å²) in [6, 6.07) is 4.90. The SMILES string of the molecule is Cc1cc(C(F)(F)F)nn1CC(=O)N1CCN(Cc2cccc(F)c2F)CC1. The van der Waals surface area contributed by atoms with Crippen molar-refractivity contribution in [3.05, 3.63) is 52.9 Å². The Bertz CT molecular complexity index is 856. The molecule has 0 radical (unpaired) electrons. The van der Waals surface area contributed by atoms with E-state index in [0.717, 1.165) is 16.8 Å². The fourth-order valence-corrected chi connectivity index (χ4v) is 3.10. The van der Waals surface area contributed by atoms with Gasteiger partial charge < -0.3 is 4.90 Å². The minimum Gasteiger partial charge on any atom is -0.339 e. The van der Waals surface area contributed by atoms with E-state index in [-0.39, 0.29) is 30.3 Å². The van der Waals surface area contributed by atoms with Crippen molar-refractivity contribution in [2.24, 2.45) is 0 Å². The molecule has 0 aliphatic carbocycles. The van der Waals surface area contributed by atoms with E-state index in [1.807, 2.05) is 4.90 Å². The zero-order valence-electron chi connectivity index (χ0n) is 15.1. The number of amides is 1. The number of piperazine rings is 1. The van der Waals surface area contributed by atoms with Crippen molar-refractivity contribution in [3.8, 4) is 0 Å². The maximum absolute atomic E-state index is 13.8. The fourth-order valence-electron chi connectivity index (χ4n) is 3.10. The molecule has 28 heavy (non-hydrogen) atoms. The van der Waals surface area contributed by atoms with E-state index in [4.69, 9.17) is 0 Å². The zero-order valence-corrected chi connectivity index (χ0v) is 15.1. The maximum Gasteiger partial charge on any atom is 0.435 e. The molecule has 1 amide bonds. The van der Waals surface area contributed by atoms with Gasteiger partial charge in [-0.15, -0.1) is 0 Å². The van der Waals surface area contributed by atoms with Gasteiger partial charge in [-0.25, -0.2) is 8.78 Å². The van der Waals surface area contributed by atoms with Crippen LogP contribution < -0.4 is 0 Å². The maximum atomic E-state index is 13.8. The number of carbonyl (C=O) groups excluding carboxylic acids is 1. The van der Waals surface area contributed by atoms with Gasteiger partial charge in [-0.2, -0.15) is 18.3 Å². The van der Waals surface area contributed by atoms with Crippen molar-refractivity contribution in [3.63, 3.8) is 0 Å². The van der Waals surface area contributed by atoms with Gasteiger partial charge in [-0.3, -0.25) is 14.4 Å². The second-order valence-corrected chi connectivity index (χ2v) is 6.70. The van der Waals surface area contributed by atoms with E-state index < -0.39 is 23.5 Å². The van der Waals surface area contributed by atoms with Gasteiger partial charge in [0, 0.05) is 44.0 Å². The minimum absolute atomic E-state index is 0.221. The molecule has 1 saturated heterocycles. The molecule has 1 fully saturated rings. The predicted molar refractivity (Wildman–Crippen MR) is 90.2 cm³/mol. The Morgan fingerprint density at radius 3 is 2.43 bits per heavy atom. The van der Waals surface area contributed by atoms with Gasteiger partial charge in [0.05, 0.1) is 0 Å². The van der Waals surface area contributed by atoms with Crippen molar-refractivity contribution in [2.75, 3.05) is 26.2 Å². The van der Waals surface area contributed by atoms with E-state index in [9.17, 15) is 26.7 Å². The van der Waals surface area contributed by atoms with Gasteiger partial charge in [0.15, 0.2) is 17.3 Å². The van der Waals surface area contributed by atoms with Crippen molar-refractivity contribution in [1.82, 2.24) is 19.6 Å². The largest absolute Gasteiger partial charge is 0.435 e. The summed E-state index contributed by atoms with van der Waals surface area (Å²) >= 11 is 0. The molecular weight excluding hydrogens is 383 g/mol. The molecule has 5 nitrogen and oxygen atoms in total. The lowest BCUT2D eigenvalue weighted by Gasteiger charge is -2.34. The molecule has 1 aliphatic rings. The van der Waals surface area contributed by atoms with Crippen LogP contribution in [-0.2, 0) is 24.1 Å². The molecule has 2 heterocycles. The van der Waals surface area contributed by atoms with Crippen LogP contribution in [-0.4, -0.2) is 51.7 Å². The van der Waals surface area contributed by atoms with Crippen molar-refractivity contribution in [2.45, 2.75) is 26.2 Å². The van der Waals surface area contributed by atoms with Gasteiger partial charge in [0.1, 0.15) is 6.54 Å². The molecule has 152 valence electrons. The highest BCUT2D eigenvalue weighted by atomic mass is 19.4. The van der Waals surface area contributed by atoms with Gasteiger partial charge in [0.2, 0.25) is 5.91 Å². The number of aryl methyl sites for hydroxylation is 1. The van der Waals surface area contributed by atoms with E-state index in [1.54, 1.807) is 0 Å². The Hall–Kier alpha value is -2.49. The lowest BCUT2D eigenvalue weighted by molar-refractivity contribution is -0.142. The number of hydrogen-bond acceptors (Lipinski definition) is 3. The van der Waals surface area contributed by atoms with Crippen LogP contribution in [0.2, 0.25) is 0 Å². The summed E-state index contributed by atoms with van der Waals surface area (Å²) in [6.07, 6.45) is -4.56. The average Bonchev–Trinajstić information content (AvgIpc) is 3.00. The lowest BCUT2D eigenvalue weighted by Crippen LogP contribution is -2.49. The number of alkyl halides is 3. The van der Waals surface area contributed by atoms with E-state index >= 15 is 0 Å². The first-order chi connectivity index (χ1) is 13.1. The summed E-state index contributed by atoms with van der Waals surface area (Å²) in [4.78, 5) is 15.8. The number of hydrogen-bond donors (Lipinski definition) is 0. The Morgan fingerprint density at radius 1 is 1.14 bits per heavy atom. The van der Waals surface area contributed by atoms with Crippen LogP contribution in [0.25, 0.3) is 0 Å². The molecule has 0 saturated carbocycles. The average molecular weight is 402 g/mol. The second-order valence-electron chi connectivity index (χ2n) is 6.70. The number of carbonyl (C=O) groups is 1. The summed E-state index contributed by atoms with van der Waals surface area (Å²) in [6.45, 7) is 3.01. The molecular formula is C18H19F5N4O. The quantitative estimate of drug-likeness (QED) is 0.739. The minimum atomic E-state index is -4.56. The topological polar surface area (TPSA) is 41.4 Å². The molecule has 1 aromatic heterocycles.